The van der Waals surface area contributed by atoms with Crippen molar-refractivity contribution in [1.82, 2.24) is 0 Å². The quantitative estimate of drug-likeness (QED) is 0.347. The first-order valence-electron chi connectivity index (χ1n) is 7.06. The number of hydrogen-bond acceptors (Lipinski definition) is 4. The van der Waals surface area contributed by atoms with Gasteiger partial charge in [-0.15, -0.1) is 0 Å². The third-order valence-electron chi connectivity index (χ3n) is 2.80. The van der Waals surface area contributed by atoms with Crippen LogP contribution in [0.25, 0.3) is 0 Å². The van der Waals surface area contributed by atoms with Crippen molar-refractivity contribution in [1.29, 1.82) is 0 Å². The summed E-state index contributed by atoms with van der Waals surface area (Å²) < 4.78 is 10.0. The first kappa shape index (κ1) is 17.7. The molecule has 0 bridgehead atoms. The van der Waals surface area contributed by atoms with E-state index in [1.54, 1.807) is 6.92 Å². The molecule has 0 aromatic heterocycles. The summed E-state index contributed by atoms with van der Waals surface area (Å²) in [6.45, 7) is 9.21. The summed E-state index contributed by atoms with van der Waals surface area (Å²) in [5.74, 6) is -0.883. The highest BCUT2D eigenvalue weighted by Gasteiger charge is 2.22. The van der Waals surface area contributed by atoms with Crippen LogP contribution in [0.1, 0.15) is 59.3 Å². The van der Waals surface area contributed by atoms with Crippen LogP contribution >= 0.6 is 0 Å². The number of carbonyl (C=O) groups excluding carboxylic acids is 2. The molecule has 4 nitrogen and oxygen atoms in total. The average molecular weight is 270 g/mol. The second kappa shape index (κ2) is 10.6. The van der Waals surface area contributed by atoms with Crippen LogP contribution in [0.2, 0.25) is 0 Å². The predicted molar refractivity (Wildman–Crippen MR) is 74.7 cm³/mol. The first-order valence-corrected chi connectivity index (χ1v) is 7.06. The van der Waals surface area contributed by atoms with Gasteiger partial charge >= 0.3 is 11.9 Å². The van der Waals surface area contributed by atoms with E-state index in [9.17, 15) is 9.59 Å². The van der Waals surface area contributed by atoms with Crippen molar-refractivity contribution in [3.05, 3.63) is 12.2 Å². The Morgan fingerprint density at radius 1 is 1.11 bits per heavy atom. The highest BCUT2D eigenvalue weighted by molar-refractivity contribution is 5.89. The zero-order valence-corrected chi connectivity index (χ0v) is 12.4. The number of unbranched alkanes of at least 4 members (excludes halogenated alkanes) is 4. The molecule has 0 aromatic rings. The molecule has 4 heteroatoms. The molecule has 110 valence electrons. The van der Waals surface area contributed by atoms with Crippen LogP contribution in [0, 0.1) is 0 Å². The van der Waals surface area contributed by atoms with Crippen LogP contribution in [0.3, 0.4) is 0 Å². The van der Waals surface area contributed by atoms with E-state index in [0.29, 0.717) is 13.0 Å². The Kier molecular flexibility index (Phi) is 9.85. The monoisotopic (exact) mass is 270 g/mol. The molecule has 0 unspecified atom stereocenters. The summed E-state index contributed by atoms with van der Waals surface area (Å²) in [6.07, 6.45) is 5.60. The van der Waals surface area contributed by atoms with Crippen molar-refractivity contribution in [2.24, 2.45) is 0 Å². The molecule has 19 heavy (non-hydrogen) atoms. The number of hydrogen-bond donors (Lipinski definition) is 0. The lowest BCUT2D eigenvalue weighted by Gasteiger charge is -2.18. The van der Waals surface area contributed by atoms with Crippen molar-refractivity contribution in [3.8, 4) is 0 Å². The number of esters is 2. The average Bonchev–Trinajstić information content (AvgIpc) is 2.36. The minimum atomic E-state index is -0.557. The van der Waals surface area contributed by atoms with Gasteiger partial charge in [0, 0.05) is 6.92 Å². The van der Waals surface area contributed by atoms with Crippen LogP contribution in [0.5, 0.6) is 0 Å². The van der Waals surface area contributed by atoms with Crippen molar-refractivity contribution in [3.63, 3.8) is 0 Å². The van der Waals surface area contributed by atoms with Crippen LogP contribution in [-0.2, 0) is 19.1 Å². The van der Waals surface area contributed by atoms with E-state index in [4.69, 9.17) is 9.47 Å². The molecule has 0 fully saturated rings. The van der Waals surface area contributed by atoms with E-state index >= 15 is 0 Å². The molecular weight excluding hydrogens is 244 g/mol. The van der Waals surface area contributed by atoms with Crippen LogP contribution in [0.4, 0.5) is 0 Å². The van der Waals surface area contributed by atoms with Crippen LogP contribution < -0.4 is 0 Å². The van der Waals surface area contributed by atoms with E-state index in [-0.39, 0.29) is 5.57 Å². The molecule has 0 heterocycles. The van der Waals surface area contributed by atoms with Gasteiger partial charge in [0.2, 0.25) is 0 Å². The molecule has 0 rings (SSSR count). The summed E-state index contributed by atoms with van der Waals surface area (Å²) in [4.78, 5) is 22.6. The van der Waals surface area contributed by atoms with E-state index in [0.717, 1.165) is 19.3 Å². The lowest BCUT2D eigenvalue weighted by Crippen LogP contribution is -2.24. The van der Waals surface area contributed by atoms with Gasteiger partial charge in [0.1, 0.15) is 6.10 Å². The molecule has 0 N–H and O–H groups in total. The highest BCUT2D eigenvalue weighted by Crippen LogP contribution is 2.16. The second-order valence-corrected chi connectivity index (χ2v) is 4.55. The number of carbonyl (C=O) groups is 2. The van der Waals surface area contributed by atoms with Gasteiger partial charge in [-0.1, -0.05) is 39.2 Å². The molecule has 0 aromatic carbocycles. The predicted octanol–water partition coefficient (Wildman–Crippen LogP) is 3.40. The van der Waals surface area contributed by atoms with Crippen molar-refractivity contribution < 1.29 is 19.1 Å². The van der Waals surface area contributed by atoms with Gasteiger partial charge in [0.25, 0.3) is 0 Å². The second-order valence-electron chi connectivity index (χ2n) is 4.55. The summed E-state index contributed by atoms with van der Waals surface area (Å²) in [6, 6.07) is 0. The highest BCUT2D eigenvalue weighted by atomic mass is 16.6. The SMILES string of the molecule is C=C(C(=O)OCC)[C@@H](CCCCCCC)OC(C)=O. The van der Waals surface area contributed by atoms with E-state index in [2.05, 4.69) is 13.5 Å². The summed E-state index contributed by atoms with van der Waals surface area (Å²) in [5.41, 5.74) is 0.229. The van der Waals surface area contributed by atoms with Gasteiger partial charge in [-0.25, -0.2) is 4.79 Å². The van der Waals surface area contributed by atoms with Gasteiger partial charge in [-0.2, -0.15) is 0 Å². The molecule has 0 spiro atoms. The standard InChI is InChI=1S/C15H26O4/c1-5-7-8-9-10-11-14(19-13(4)16)12(3)15(17)18-6-2/h14H,3,5-11H2,1-2,4H3/t14-/m1/s1. The molecule has 0 amide bonds. The Balaban J connectivity index is 4.25. The van der Waals surface area contributed by atoms with Crippen LogP contribution in [0.15, 0.2) is 12.2 Å². The van der Waals surface area contributed by atoms with Gasteiger partial charge in [0.05, 0.1) is 12.2 Å². The third-order valence-corrected chi connectivity index (χ3v) is 2.80. The van der Waals surface area contributed by atoms with E-state index in [1.807, 2.05) is 0 Å². The molecular formula is C15H26O4. The van der Waals surface area contributed by atoms with E-state index in [1.165, 1.54) is 19.8 Å². The Labute approximate surface area is 116 Å². The smallest absolute Gasteiger partial charge is 0.337 e. The fraction of sp³-hybridized carbons (Fsp3) is 0.733. The largest absolute Gasteiger partial charge is 0.463 e. The van der Waals surface area contributed by atoms with Crippen molar-refractivity contribution in [2.75, 3.05) is 6.61 Å². The summed E-state index contributed by atoms with van der Waals surface area (Å²) in [7, 11) is 0. The molecule has 0 aliphatic heterocycles. The minimum absolute atomic E-state index is 0.229. The van der Waals surface area contributed by atoms with Gasteiger partial charge in [-0.05, 0) is 19.8 Å². The Morgan fingerprint density at radius 2 is 1.74 bits per heavy atom. The van der Waals surface area contributed by atoms with E-state index < -0.39 is 18.0 Å². The summed E-state index contributed by atoms with van der Waals surface area (Å²) in [5, 5.41) is 0. The molecule has 0 aliphatic rings. The fourth-order valence-corrected chi connectivity index (χ4v) is 1.79. The molecule has 0 aliphatic carbocycles. The van der Waals surface area contributed by atoms with Crippen LogP contribution in [-0.4, -0.2) is 24.6 Å². The normalized spacial score (nSPS) is 11.7. The van der Waals surface area contributed by atoms with Gasteiger partial charge in [0.15, 0.2) is 0 Å². The van der Waals surface area contributed by atoms with Gasteiger partial charge < -0.3 is 9.47 Å². The number of rotatable bonds is 10. The Bertz CT molecular complexity index is 297. The maximum absolute atomic E-state index is 11.6. The Hall–Kier alpha value is -1.32. The number of ether oxygens (including phenoxy) is 2. The summed E-state index contributed by atoms with van der Waals surface area (Å²) >= 11 is 0. The lowest BCUT2D eigenvalue weighted by molar-refractivity contribution is -0.147. The third kappa shape index (κ3) is 8.41. The van der Waals surface area contributed by atoms with Crippen molar-refractivity contribution in [2.45, 2.75) is 65.4 Å². The molecule has 0 radical (unpaired) electrons. The Morgan fingerprint density at radius 3 is 2.26 bits per heavy atom. The topological polar surface area (TPSA) is 52.6 Å². The maximum atomic E-state index is 11.6. The zero-order valence-electron chi connectivity index (χ0n) is 12.4. The maximum Gasteiger partial charge on any atom is 0.337 e. The lowest BCUT2D eigenvalue weighted by atomic mass is 10.0. The fourth-order valence-electron chi connectivity index (χ4n) is 1.79. The van der Waals surface area contributed by atoms with Gasteiger partial charge in [-0.3, -0.25) is 4.79 Å². The zero-order chi connectivity index (χ0) is 14.7. The molecule has 0 saturated carbocycles. The van der Waals surface area contributed by atoms with Crippen molar-refractivity contribution >= 4 is 11.9 Å². The molecule has 0 saturated heterocycles. The first-order chi connectivity index (χ1) is 9.02. The molecule has 1 atom stereocenters. The minimum Gasteiger partial charge on any atom is -0.463 e.